The lowest BCUT2D eigenvalue weighted by Gasteiger charge is -1.98. The van der Waals surface area contributed by atoms with Crippen molar-refractivity contribution in [2.24, 2.45) is 0 Å². The van der Waals surface area contributed by atoms with Crippen molar-refractivity contribution in [3.8, 4) is 5.88 Å². The van der Waals surface area contributed by atoms with E-state index in [9.17, 15) is 10.1 Å². The summed E-state index contributed by atoms with van der Waals surface area (Å²) in [7, 11) is 1.53. The van der Waals surface area contributed by atoms with Crippen LogP contribution in [0.15, 0.2) is 24.2 Å². The summed E-state index contributed by atoms with van der Waals surface area (Å²) in [5.41, 5.74) is 1.64. The van der Waals surface area contributed by atoms with Gasteiger partial charge in [-0.2, -0.15) is 0 Å². The Kier molecular flexibility index (Phi) is 2.78. The largest absolute Gasteiger partial charge is 0.481 e. The first-order valence-corrected chi connectivity index (χ1v) is 4.95. The Morgan fingerprint density at radius 2 is 2.41 bits per heavy atom. The second-order valence-electron chi connectivity index (χ2n) is 3.56. The average molecular weight is 233 g/mol. The van der Waals surface area contributed by atoms with Crippen LogP contribution in [0.25, 0.3) is 17.0 Å². The lowest BCUT2D eigenvalue weighted by Crippen LogP contribution is -1.92. The number of allylic oxidation sites excluding steroid dienone is 1. The third-order valence-corrected chi connectivity index (χ3v) is 2.43. The van der Waals surface area contributed by atoms with E-state index in [1.54, 1.807) is 18.5 Å². The van der Waals surface area contributed by atoms with Crippen LogP contribution in [0.3, 0.4) is 0 Å². The average Bonchev–Trinajstić information content (AvgIpc) is 2.71. The first-order chi connectivity index (χ1) is 8.11. The molecule has 1 N–H and O–H groups in total. The van der Waals surface area contributed by atoms with Gasteiger partial charge in [0.1, 0.15) is 0 Å². The molecule has 0 bridgehead atoms. The normalized spacial score (nSPS) is 11.8. The minimum Gasteiger partial charge on any atom is -0.481 e. The molecule has 2 heterocycles. The Morgan fingerprint density at radius 1 is 1.65 bits per heavy atom. The van der Waals surface area contributed by atoms with Crippen LogP contribution < -0.4 is 4.74 Å². The van der Waals surface area contributed by atoms with Gasteiger partial charge in [0.05, 0.1) is 23.7 Å². The van der Waals surface area contributed by atoms with Crippen molar-refractivity contribution < 1.29 is 9.66 Å². The van der Waals surface area contributed by atoms with Gasteiger partial charge in [-0.15, -0.1) is 0 Å². The molecule has 0 aliphatic rings. The van der Waals surface area contributed by atoms with E-state index < -0.39 is 4.92 Å². The standard InChI is InChI=1S/C11H11N3O3/c1-7(14(15)16)3-8-5-12-10-6-13-11(17-2)4-9(8)10/h3-6,12H,1-2H3/b7-3+. The molecule has 2 rings (SSSR count). The van der Waals surface area contributed by atoms with Gasteiger partial charge in [0.2, 0.25) is 11.6 Å². The number of fused-ring (bicyclic) bond motifs is 1. The highest BCUT2D eigenvalue weighted by molar-refractivity contribution is 5.89. The van der Waals surface area contributed by atoms with Crippen LogP contribution >= 0.6 is 0 Å². The molecule has 6 heteroatoms. The molecule has 0 amide bonds. The number of methoxy groups -OCH3 is 1. The first kappa shape index (κ1) is 11.1. The lowest BCUT2D eigenvalue weighted by molar-refractivity contribution is -0.422. The van der Waals surface area contributed by atoms with E-state index in [1.165, 1.54) is 20.1 Å². The van der Waals surface area contributed by atoms with Gasteiger partial charge in [-0.3, -0.25) is 10.1 Å². The van der Waals surface area contributed by atoms with Gasteiger partial charge in [0.15, 0.2) is 0 Å². The predicted octanol–water partition coefficient (Wildman–Crippen LogP) is 2.21. The monoisotopic (exact) mass is 233 g/mol. The number of rotatable bonds is 3. The summed E-state index contributed by atoms with van der Waals surface area (Å²) in [6.45, 7) is 1.46. The Bertz CT molecular complexity index is 601. The fourth-order valence-electron chi connectivity index (χ4n) is 1.53. The maximum atomic E-state index is 10.6. The van der Waals surface area contributed by atoms with Gasteiger partial charge in [-0.25, -0.2) is 4.98 Å². The fourth-order valence-corrected chi connectivity index (χ4v) is 1.53. The van der Waals surface area contributed by atoms with Crippen LogP contribution in [0.5, 0.6) is 5.88 Å². The molecular weight excluding hydrogens is 222 g/mol. The van der Waals surface area contributed by atoms with E-state index >= 15 is 0 Å². The number of hydrogen-bond donors (Lipinski definition) is 1. The summed E-state index contributed by atoms with van der Waals surface area (Å²) in [5, 5.41) is 11.4. The fraction of sp³-hybridized carbons (Fsp3) is 0.182. The Balaban J connectivity index is 2.55. The van der Waals surface area contributed by atoms with Gasteiger partial charge < -0.3 is 9.72 Å². The van der Waals surface area contributed by atoms with Crippen molar-refractivity contribution in [2.45, 2.75) is 6.92 Å². The van der Waals surface area contributed by atoms with Crippen LogP contribution in [0.1, 0.15) is 12.5 Å². The van der Waals surface area contributed by atoms with Crippen molar-refractivity contribution in [2.75, 3.05) is 7.11 Å². The number of hydrogen-bond acceptors (Lipinski definition) is 4. The number of aromatic amines is 1. The molecular formula is C11H11N3O3. The Labute approximate surface area is 97.1 Å². The highest BCUT2D eigenvalue weighted by Gasteiger charge is 2.08. The van der Waals surface area contributed by atoms with Crippen molar-refractivity contribution in [1.82, 2.24) is 9.97 Å². The summed E-state index contributed by atoms with van der Waals surface area (Å²) in [5.74, 6) is 0.477. The van der Waals surface area contributed by atoms with E-state index in [-0.39, 0.29) is 5.70 Å². The molecule has 0 aliphatic heterocycles. The number of ether oxygens (including phenoxy) is 1. The third-order valence-electron chi connectivity index (χ3n) is 2.43. The highest BCUT2D eigenvalue weighted by Crippen LogP contribution is 2.23. The molecule has 0 atom stereocenters. The van der Waals surface area contributed by atoms with Gasteiger partial charge in [0.25, 0.3) is 0 Å². The van der Waals surface area contributed by atoms with Crippen molar-refractivity contribution >= 4 is 17.0 Å². The number of nitrogens with zero attached hydrogens (tertiary/aromatic N) is 2. The lowest BCUT2D eigenvalue weighted by atomic mass is 10.2. The molecule has 2 aromatic heterocycles. The molecule has 0 spiro atoms. The van der Waals surface area contributed by atoms with Gasteiger partial charge in [0, 0.05) is 36.2 Å². The van der Waals surface area contributed by atoms with Gasteiger partial charge in [-0.05, 0) is 0 Å². The predicted molar refractivity (Wildman–Crippen MR) is 63.3 cm³/mol. The van der Waals surface area contributed by atoms with E-state index in [0.717, 1.165) is 16.5 Å². The van der Waals surface area contributed by atoms with Crippen molar-refractivity contribution in [3.63, 3.8) is 0 Å². The summed E-state index contributed by atoms with van der Waals surface area (Å²) in [6, 6.07) is 1.74. The van der Waals surface area contributed by atoms with Gasteiger partial charge >= 0.3 is 0 Å². The van der Waals surface area contributed by atoms with E-state index in [2.05, 4.69) is 9.97 Å². The molecule has 6 nitrogen and oxygen atoms in total. The summed E-state index contributed by atoms with van der Waals surface area (Å²) in [6.07, 6.45) is 4.85. The quantitative estimate of drug-likeness (QED) is 0.650. The Hall–Kier alpha value is -2.37. The van der Waals surface area contributed by atoms with E-state index in [0.29, 0.717) is 5.88 Å². The molecule has 0 aromatic carbocycles. The maximum absolute atomic E-state index is 10.6. The molecule has 88 valence electrons. The van der Waals surface area contributed by atoms with E-state index in [1.807, 2.05) is 0 Å². The van der Waals surface area contributed by atoms with Crippen LogP contribution in [0.2, 0.25) is 0 Å². The number of nitro groups is 1. The van der Waals surface area contributed by atoms with Crippen molar-refractivity contribution in [1.29, 1.82) is 0 Å². The molecule has 0 radical (unpaired) electrons. The second-order valence-corrected chi connectivity index (χ2v) is 3.56. The number of nitrogens with one attached hydrogen (secondary N) is 1. The minimum absolute atomic E-state index is 0.0849. The molecule has 0 saturated carbocycles. The molecule has 0 aliphatic carbocycles. The Morgan fingerprint density at radius 3 is 3.06 bits per heavy atom. The summed E-state index contributed by atoms with van der Waals surface area (Å²) in [4.78, 5) is 17.2. The summed E-state index contributed by atoms with van der Waals surface area (Å²) >= 11 is 0. The SMILES string of the molecule is COc1cc2c(/C=C(\C)[N+](=O)[O-])c[nH]c2cn1. The molecule has 0 saturated heterocycles. The zero-order valence-electron chi connectivity index (χ0n) is 9.43. The van der Waals surface area contributed by atoms with Crippen LogP contribution in [-0.4, -0.2) is 22.0 Å². The second kappa shape index (κ2) is 4.25. The van der Waals surface area contributed by atoms with Crippen molar-refractivity contribution in [3.05, 3.63) is 39.8 Å². The van der Waals surface area contributed by atoms with Crippen LogP contribution in [-0.2, 0) is 0 Å². The zero-order valence-corrected chi connectivity index (χ0v) is 9.43. The minimum atomic E-state index is -0.419. The number of aromatic nitrogens is 2. The third kappa shape index (κ3) is 2.10. The highest BCUT2D eigenvalue weighted by atomic mass is 16.6. The molecule has 17 heavy (non-hydrogen) atoms. The number of pyridine rings is 1. The molecule has 0 fully saturated rings. The van der Waals surface area contributed by atoms with Crippen LogP contribution in [0, 0.1) is 10.1 Å². The zero-order chi connectivity index (χ0) is 12.4. The van der Waals surface area contributed by atoms with Crippen LogP contribution in [0.4, 0.5) is 0 Å². The smallest absolute Gasteiger partial charge is 0.243 e. The maximum Gasteiger partial charge on any atom is 0.243 e. The van der Waals surface area contributed by atoms with Gasteiger partial charge in [-0.1, -0.05) is 0 Å². The molecule has 0 unspecified atom stereocenters. The number of H-pyrrole nitrogens is 1. The first-order valence-electron chi connectivity index (χ1n) is 4.95. The molecule has 2 aromatic rings. The van der Waals surface area contributed by atoms with E-state index in [4.69, 9.17) is 4.74 Å². The topological polar surface area (TPSA) is 81.0 Å². The summed E-state index contributed by atoms with van der Waals surface area (Å²) < 4.78 is 5.02.